The molecule has 4 heteroatoms. The third kappa shape index (κ3) is 2.23. The molecule has 0 amide bonds. The number of nitrogen functional groups attached to an aromatic ring is 1. The van der Waals surface area contributed by atoms with Gasteiger partial charge in [-0.15, -0.1) is 0 Å². The molecule has 0 aliphatic carbocycles. The molecule has 4 nitrogen and oxygen atoms in total. The van der Waals surface area contributed by atoms with Crippen molar-refractivity contribution < 1.29 is 9.47 Å². The first-order valence-electron chi connectivity index (χ1n) is 4.82. The third-order valence-corrected chi connectivity index (χ3v) is 2.04. The Morgan fingerprint density at radius 1 is 1.12 bits per heavy atom. The van der Waals surface area contributed by atoms with E-state index in [1.165, 1.54) is 0 Å². The molecule has 82 valence electrons. The SMILES string of the molecule is COc1ccc(N)cc1Oc1ccccn1. The number of nitrogens with zero attached hydrogens (tertiary/aromatic N) is 1. The topological polar surface area (TPSA) is 57.4 Å². The fourth-order valence-corrected chi connectivity index (χ4v) is 1.29. The summed E-state index contributed by atoms with van der Waals surface area (Å²) in [6.45, 7) is 0. The Kier molecular flexibility index (Phi) is 2.91. The predicted molar refractivity (Wildman–Crippen MR) is 61.7 cm³/mol. The molecule has 16 heavy (non-hydrogen) atoms. The van der Waals surface area contributed by atoms with Gasteiger partial charge in [0.05, 0.1) is 7.11 Å². The minimum absolute atomic E-state index is 0.506. The van der Waals surface area contributed by atoms with Gasteiger partial charge < -0.3 is 15.2 Å². The van der Waals surface area contributed by atoms with E-state index < -0.39 is 0 Å². The van der Waals surface area contributed by atoms with Crippen LogP contribution in [-0.4, -0.2) is 12.1 Å². The van der Waals surface area contributed by atoms with E-state index in [1.54, 1.807) is 37.6 Å². The molecule has 0 aliphatic rings. The van der Waals surface area contributed by atoms with Crippen molar-refractivity contribution in [1.29, 1.82) is 0 Å². The van der Waals surface area contributed by atoms with Crippen LogP contribution in [0, 0.1) is 0 Å². The number of hydrogen-bond donors (Lipinski definition) is 1. The highest BCUT2D eigenvalue weighted by Gasteiger charge is 2.06. The summed E-state index contributed by atoms with van der Waals surface area (Å²) >= 11 is 0. The molecule has 2 aromatic rings. The summed E-state index contributed by atoms with van der Waals surface area (Å²) in [7, 11) is 1.58. The van der Waals surface area contributed by atoms with E-state index in [0.717, 1.165) is 0 Å². The zero-order valence-electron chi connectivity index (χ0n) is 8.88. The van der Waals surface area contributed by atoms with Gasteiger partial charge in [0.25, 0.3) is 0 Å². The van der Waals surface area contributed by atoms with Gasteiger partial charge in [0, 0.05) is 24.0 Å². The summed E-state index contributed by atoms with van der Waals surface area (Å²) < 4.78 is 10.7. The van der Waals surface area contributed by atoms with Crippen molar-refractivity contribution in [3.63, 3.8) is 0 Å². The second-order valence-electron chi connectivity index (χ2n) is 3.18. The number of anilines is 1. The Morgan fingerprint density at radius 2 is 2.00 bits per heavy atom. The van der Waals surface area contributed by atoms with Gasteiger partial charge in [-0.05, 0) is 18.2 Å². The number of hydrogen-bond acceptors (Lipinski definition) is 4. The van der Waals surface area contributed by atoms with Crippen LogP contribution in [0.15, 0.2) is 42.6 Å². The number of methoxy groups -OCH3 is 1. The third-order valence-electron chi connectivity index (χ3n) is 2.04. The van der Waals surface area contributed by atoms with Crippen LogP contribution >= 0.6 is 0 Å². The zero-order chi connectivity index (χ0) is 11.4. The smallest absolute Gasteiger partial charge is 0.219 e. The minimum Gasteiger partial charge on any atom is -0.493 e. The van der Waals surface area contributed by atoms with E-state index in [-0.39, 0.29) is 0 Å². The molecule has 0 unspecified atom stereocenters. The molecule has 1 heterocycles. The van der Waals surface area contributed by atoms with Gasteiger partial charge in [0.1, 0.15) is 0 Å². The molecule has 0 atom stereocenters. The van der Waals surface area contributed by atoms with Crippen molar-refractivity contribution in [1.82, 2.24) is 4.98 Å². The average molecular weight is 216 g/mol. The Labute approximate surface area is 93.6 Å². The number of rotatable bonds is 3. The highest BCUT2D eigenvalue weighted by molar-refractivity contribution is 5.52. The van der Waals surface area contributed by atoms with E-state index in [2.05, 4.69) is 4.98 Å². The summed E-state index contributed by atoms with van der Waals surface area (Å²) in [4.78, 5) is 4.06. The lowest BCUT2D eigenvalue weighted by atomic mass is 10.3. The van der Waals surface area contributed by atoms with Crippen LogP contribution in [0.25, 0.3) is 0 Å². The highest BCUT2D eigenvalue weighted by atomic mass is 16.5. The standard InChI is InChI=1S/C12H12N2O2/c1-15-10-6-5-9(13)8-11(10)16-12-4-2-3-7-14-12/h2-8H,13H2,1H3. The Morgan fingerprint density at radius 3 is 2.69 bits per heavy atom. The molecule has 0 radical (unpaired) electrons. The molecule has 0 spiro atoms. The number of benzene rings is 1. The molecule has 1 aromatic heterocycles. The molecular weight excluding hydrogens is 204 g/mol. The van der Waals surface area contributed by atoms with E-state index in [9.17, 15) is 0 Å². The van der Waals surface area contributed by atoms with Crippen molar-refractivity contribution in [3.05, 3.63) is 42.6 Å². The van der Waals surface area contributed by atoms with Crippen LogP contribution in [-0.2, 0) is 0 Å². The van der Waals surface area contributed by atoms with E-state index in [1.807, 2.05) is 12.1 Å². The number of nitrogens with two attached hydrogens (primary N) is 1. The lowest BCUT2D eigenvalue weighted by Crippen LogP contribution is -1.93. The first-order chi connectivity index (χ1) is 7.79. The van der Waals surface area contributed by atoms with E-state index in [4.69, 9.17) is 15.2 Å². The molecule has 1 aromatic carbocycles. The van der Waals surface area contributed by atoms with Gasteiger partial charge in [-0.3, -0.25) is 0 Å². The molecule has 0 saturated carbocycles. The van der Waals surface area contributed by atoms with Crippen molar-refractivity contribution >= 4 is 5.69 Å². The first-order valence-corrected chi connectivity index (χ1v) is 4.82. The largest absolute Gasteiger partial charge is 0.493 e. The zero-order valence-corrected chi connectivity index (χ0v) is 8.88. The van der Waals surface area contributed by atoms with Crippen LogP contribution in [0.2, 0.25) is 0 Å². The summed E-state index contributed by atoms with van der Waals surface area (Å²) in [5.41, 5.74) is 6.30. The average Bonchev–Trinajstić information content (AvgIpc) is 2.31. The molecule has 2 N–H and O–H groups in total. The maximum atomic E-state index is 5.68. The summed E-state index contributed by atoms with van der Waals surface area (Å²) in [5, 5.41) is 0. The van der Waals surface area contributed by atoms with E-state index in [0.29, 0.717) is 23.1 Å². The summed E-state index contributed by atoms with van der Waals surface area (Å²) in [5.74, 6) is 1.69. The van der Waals surface area contributed by atoms with E-state index >= 15 is 0 Å². The molecular formula is C12H12N2O2. The second-order valence-corrected chi connectivity index (χ2v) is 3.18. The normalized spacial score (nSPS) is 9.81. The van der Waals surface area contributed by atoms with Crippen molar-refractivity contribution in [2.45, 2.75) is 0 Å². The first kappa shape index (κ1) is 10.3. The molecule has 2 rings (SSSR count). The number of aromatic nitrogens is 1. The predicted octanol–water partition coefficient (Wildman–Crippen LogP) is 2.46. The quantitative estimate of drug-likeness (QED) is 0.801. The molecule has 0 aliphatic heterocycles. The minimum atomic E-state index is 0.506. The fraction of sp³-hybridized carbons (Fsp3) is 0.0833. The highest BCUT2D eigenvalue weighted by Crippen LogP contribution is 2.32. The lowest BCUT2D eigenvalue weighted by molar-refractivity contribution is 0.374. The van der Waals surface area contributed by atoms with Crippen LogP contribution in [0.3, 0.4) is 0 Å². The maximum Gasteiger partial charge on any atom is 0.219 e. The van der Waals surface area contributed by atoms with Gasteiger partial charge in [0.15, 0.2) is 11.5 Å². The number of pyridine rings is 1. The Hall–Kier alpha value is -2.23. The van der Waals surface area contributed by atoms with Crippen molar-refractivity contribution in [2.75, 3.05) is 12.8 Å². The van der Waals surface area contributed by atoms with Gasteiger partial charge in [-0.25, -0.2) is 4.98 Å². The van der Waals surface area contributed by atoms with Gasteiger partial charge >= 0.3 is 0 Å². The Balaban J connectivity index is 2.30. The van der Waals surface area contributed by atoms with Crippen LogP contribution < -0.4 is 15.2 Å². The van der Waals surface area contributed by atoms with Crippen molar-refractivity contribution in [3.8, 4) is 17.4 Å². The van der Waals surface area contributed by atoms with Crippen molar-refractivity contribution in [2.24, 2.45) is 0 Å². The number of ether oxygens (including phenoxy) is 2. The second kappa shape index (κ2) is 4.53. The Bertz CT molecular complexity index is 472. The molecule has 0 bridgehead atoms. The monoisotopic (exact) mass is 216 g/mol. The van der Waals surface area contributed by atoms with Crippen LogP contribution in [0.1, 0.15) is 0 Å². The van der Waals surface area contributed by atoms with Crippen LogP contribution in [0.5, 0.6) is 17.4 Å². The van der Waals surface area contributed by atoms with Gasteiger partial charge in [-0.1, -0.05) is 6.07 Å². The molecule has 0 fully saturated rings. The summed E-state index contributed by atoms with van der Waals surface area (Å²) in [6.07, 6.45) is 1.66. The maximum absolute atomic E-state index is 5.68. The lowest BCUT2D eigenvalue weighted by Gasteiger charge is -2.09. The fourth-order valence-electron chi connectivity index (χ4n) is 1.29. The molecule has 0 saturated heterocycles. The van der Waals surface area contributed by atoms with Gasteiger partial charge in [-0.2, -0.15) is 0 Å². The van der Waals surface area contributed by atoms with Gasteiger partial charge in [0.2, 0.25) is 5.88 Å². The summed E-state index contributed by atoms with van der Waals surface area (Å²) in [6, 6.07) is 10.7. The van der Waals surface area contributed by atoms with Crippen LogP contribution in [0.4, 0.5) is 5.69 Å².